The van der Waals surface area contributed by atoms with Gasteiger partial charge in [-0.3, -0.25) is 4.99 Å². The highest BCUT2D eigenvalue weighted by molar-refractivity contribution is 6.29. The zero-order valence-corrected chi connectivity index (χ0v) is 12.4. The summed E-state index contributed by atoms with van der Waals surface area (Å²) in [7, 11) is 1.69. The number of aromatic nitrogens is 1. The average Bonchev–Trinajstić information content (AvgIpc) is 2.51. The standard InChI is InChI=1S/C15H16ClFN4/c1-18-15(20-8-11-2-5-13(17)6-3-11)21-10-12-4-7-14(16)19-9-12/h2-7,9H,8,10H2,1H3,(H2,18,20,21). The van der Waals surface area contributed by atoms with Gasteiger partial charge in [0, 0.05) is 26.3 Å². The zero-order chi connectivity index (χ0) is 15.1. The Morgan fingerprint density at radius 3 is 2.29 bits per heavy atom. The first-order chi connectivity index (χ1) is 10.2. The molecule has 1 heterocycles. The molecule has 6 heteroatoms. The predicted molar refractivity (Wildman–Crippen MR) is 82.7 cm³/mol. The molecule has 0 amide bonds. The minimum Gasteiger partial charge on any atom is -0.352 e. The SMILES string of the molecule is CN=C(NCc1ccc(F)cc1)NCc1ccc(Cl)nc1. The fraction of sp³-hybridized carbons (Fsp3) is 0.200. The topological polar surface area (TPSA) is 49.3 Å². The third-order valence-electron chi connectivity index (χ3n) is 2.85. The molecular weight excluding hydrogens is 291 g/mol. The lowest BCUT2D eigenvalue weighted by atomic mass is 10.2. The molecule has 4 nitrogen and oxygen atoms in total. The lowest BCUT2D eigenvalue weighted by molar-refractivity contribution is 0.626. The second-order valence-electron chi connectivity index (χ2n) is 4.39. The van der Waals surface area contributed by atoms with Crippen molar-refractivity contribution in [3.8, 4) is 0 Å². The Bertz CT molecular complexity index is 545. The smallest absolute Gasteiger partial charge is 0.191 e. The van der Waals surface area contributed by atoms with E-state index in [1.165, 1.54) is 12.1 Å². The van der Waals surface area contributed by atoms with E-state index < -0.39 is 0 Å². The van der Waals surface area contributed by atoms with Crippen LogP contribution in [0.4, 0.5) is 4.39 Å². The van der Waals surface area contributed by atoms with Crippen molar-refractivity contribution in [1.82, 2.24) is 15.6 Å². The zero-order valence-electron chi connectivity index (χ0n) is 11.6. The summed E-state index contributed by atoms with van der Waals surface area (Å²) in [6.07, 6.45) is 1.71. The van der Waals surface area contributed by atoms with E-state index in [1.54, 1.807) is 31.4 Å². The number of nitrogens with zero attached hydrogens (tertiary/aromatic N) is 2. The number of guanidine groups is 1. The molecule has 0 aliphatic heterocycles. The van der Waals surface area contributed by atoms with Crippen LogP contribution in [0.1, 0.15) is 11.1 Å². The number of hydrogen-bond donors (Lipinski definition) is 2. The van der Waals surface area contributed by atoms with Crippen molar-refractivity contribution in [2.24, 2.45) is 4.99 Å². The van der Waals surface area contributed by atoms with Crippen LogP contribution in [-0.2, 0) is 13.1 Å². The highest BCUT2D eigenvalue weighted by Crippen LogP contribution is 2.05. The molecule has 110 valence electrons. The maximum Gasteiger partial charge on any atom is 0.191 e. The predicted octanol–water partition coefficient (Wildman–Crippen LogP) is 2.74. The molecule has 0 radical (unpaired) electrons. The van der Waals surface area contributed by atoms with Crippen molar-refractivity contribution in [1.29, 1.82) is 0 Å². The minimum atomic E-state index is -0.239. The summed E-state index contributed by atoms with van der Waals surface area (Å²) < 4.78 is 12.8. The summed E-state index contributed by atoms with van der Waals surface area (Å²) in [5, 5.41) is 6.80. The van der Waals surface area contributed by atoms with Crippen LogP contribution in [0, 0.1) is 5.82 Å². The molecule has 2 aromatic rings. The van der Waals surface area contributed by atoms with E-state index in [4.69, 9.17) is 11.6 Å². The van der Waals surface area contributed by atoms with Crippen molar-refractivity contribution >= 4 is 17.6 Å². The van der Waals surface area contributed by atoms with Crippen LogP contribution in [-0.4, -0.2) is 18.0 Å². The summed E-state index contributed by atoms with van der Waals surface area (Å²) in [6, 6.07) is 9.99. The highest BCUT2D eigenvalue weighted by atomic mass is 35.5. The van der Waals surface area contributed by atoms with E-state index in [2.05, 4.69) is 20.6 Å². The maximum atomic E-state index is 12.8. The second kappa shape index (κ2) is 7.59. The van der Waals surface area contributed by atoms with E-state index in [0.717, 1.165) is 11.1 Å². The number of aliphatic imine (C=N–C) groups is 1. The van der Waals surface area contributed by atoms with Crippen molar-refractivity contribution < 1.29 is 4.39 Å². The Kier molecular flexibility index (Phi) is 5.51. The van der Waals surface area contributed by atoms with Gasteiger partial charge < -0.3 is 10.6 Å². The van der Waals surface area contributed by atoms with Crippen LogP contribution >= 0.6 is 11.6 Å². The molecule has 0 saturated heterocycles. The molecule has 21 heavy (non-hydrogen) atoms. The first kappa shape index (κ1) is 15.3. The van der Waals surface area contributed by atoms with Crippen molar-refractivity contribution in [2.45, 2.75) is 13.1 Å². The van der Waals surface area contributed by atoms with Gasteiger partial charge in [-0.1, -0.05) is 29.8 Å². The molecule has 1 aromatic heterocycles. The number of rotatable bonds is 4. The van der Waals surface area contributed by atoms with Crippen LogP contribution in [0.5, 0.6) is 0 Å². The van der Waals surface area contributed by atoms with Crippen LogP contribution in [0.25, 0.3) is 0 Å². The van der Waals surface area contributed by atoms with Crippen molar-refractivity contribution in [3.63, 3.8) is 0 Å². The molecule has 0 fully saturated rings. The summed E-state index contributed by atoms with van der Waals surface area (Å²) in [5.74, 6) is 0.422. The van der Waals surface area contributed by atoms with Crippen LogP contribution in [0.2, 0.25) is 5.15 Å². The Labute approximate surface area is 128 Å². The first-order valence-electron chi connectivity index (χ1n) is 6.47. The average molecular weight is 307 g/mol. The largest absolute Gasteiger partial charge is 0.352 e. The van der Waals surface area contributed by atoms with Gasteiger partial charge in [0.25, 0.3) is 0 Å². The Balaban J connectivity index is 1.83. The molecule has 0 atom stereocenters. The van der Waals surface area contributed by atoms with Gasteiger partial charge in [0.05, 0.1) is 0 Å². The number of halogens is 2. The van der Waals surface area contributed by atoms with Gasteiger partial charge in [-0.05, 0) is 29.3 Å². The molecule has 0 aliphatic rings. The normalized spacial score (nSPS) is 11.3. The second-order valence-corrected chi connectivity index (χ2v) is 4.78. The molecule has 0 aliphatic carbocycles. The molecule has 2 N–H and O–H groups in total. The van der Waals surface area contributed by atoms with E-state index in [9.17, 15) is 4.39 Å². The summed E-state index contributed by atoms with van der Waals surface area (Å²) in [6.45, 7) is 1.16. The van der Waals surface area contributed by atoms with Gasteiger partial charge in [0.1, 0.15) is 11.0 Å². The number of nitrogens with one attached hydrogen (secondary N) is 2. The Morgan fingerprint density at radius 1 is 1.10 bits per heavy atom. The number of hydrogen-bond acceptors (Lipinski definition) is 2. The van der Waals surface area contributed by atoms with Gasteiger partial charge in [-0.25, -0.2) is 9.37 Å². The van der Waals surface area contributed by atoms with Gasteiger partial charge in [-0.15, -0.1) is 0 Å². The molecule has 0 unspecified atom stereocenters. The van der Waals surface area contributed by atoms with Gasteiger partial charge in [0.15, 0.2) is 5.96 Å². The molecule has 0 spiro atoms. The minimum absolute atomic E-state index is 0.239. The van der Waals surface area contributed by atoms with Crippen LogP contribution < -0.4 is 10.6 Å². The number of pyridine rings is 1. The molecule has 0 saturated carbocycles. The van der Waals surface area contributed by atoms with Gasteiger partial charge in [0.2, 0.25) is 0 Å². The van der Waals surface area contributed by atoms with E-state index in [0.29, 0.717) is 24.2 Å². The maximum absolute atomic E-state index is 12.8. The number of benzene rings is 1. The van der Waals surface area contributed by atoms with Crippen molar-refractivity contribution in [3.05, 3.63) is 64.7 Å². The molecule has 0 bridgehead atoms. The summed E-state index contributed by atoms with van der Waals surface area (Å²) in [5.41, 5.74) is 1.98. The summed E-state index contributed by atoms with van der Waals surface area (Å²) in [4.78, 5) is 8.14. The lowest BCUT2D eigenvalue weighted by Gasteiger charge is -2.12. The van der Waals surface area contributed by atoms with Gasteiger partial charge in [-0.2, -0.15) is 0 Å². The molecule has 1 aromatic carbocycles. The quantitative estimate of drug-likeness (QED) is 0.519. The van der Waals surface area contributed by atoms with Crippen LogP contribution in [0.3, 0.4) is 0 Å². The Hall–Kier alpha value is -2.14. The van der Waals surface area contributed by atoms with Crippen LogP contribution in [0.15, 0.2) is 47.6 Å². The van der Waals surface area contributed by atoms with Gasteiger partial charge >= 0.3 is 0 Å². The van der Waals surface area contributed by atoms with E-state index in [1.807, 2.05) is 6.07 Å². The lowest BCUT2D eigenvalue weighted by Crippen LogP contribution is -2.36. The highest BCUT2D eigenvalue weighted by Gasteiger charge is 2.00. The third-order valence-corrected chi connectivity index (χ3v) is 3.07. The molecular formula is C15H16ClFN4. The van der Waals surface area contributed by atoms with E-state index >= 15 is 0 Å². The first-order valence-corrected chi connectivity index (χ1v) is 6.84. The Morgan fingerprint density at radius 2 is 1.71 bits per heavy atom. The summed E-state index contributed by atoms with van der Waals surface area (Å²) >= 11 is 5.74. The monoisotopic (exact) mass is 306 g/mol. The fourth-order valence-electron chi connectivity index (χ4n) is 1.71. The molecule has 2 rings (SSSR count). The third kappa shape index (κ3) is 5.04. The fourth-order valence-corrected chi connectivity index (χ4v) is 1.82. The van der Waals surface area contributed by atoms with E-state index in [-0.39, 0.29) is 5.82 Å². The van der Waals surface area contributed by atoms with Crippen molar-refractivity contribution in [2.75, 3.05) is 7.05 Å².